The molecule has 0 bridgehead atoms. The standard InChI is InChI=1S/C20H19Cl2N3O2S/c1-3-8-25-19(27)15-7-6-14(22)10-17(15)24-20(25)28-11-18(26)23-16-9-13(21)5-4-12(16)2/h4-7,9-10H,3,8,11H2,1-2H3,(H,23,26). The molecular formula is C20H19Cl2N3O2S. The molecule has 0 saturated carbocycles. The van der Waals surface area contributed by atoms with Crippen molar-refractivity contribution in [1.82, 2.24) is 9.55 Å². The third kappa shape index (κ3) is 4.69. The predicted octanol–water partition coefficient (Wildman–Crippen LogP) is 5.15. The van der Waals surface area contributed by atoms with Crippen LogP contribution in [0.3, 0.4) is 0 Å². The number of carbonyl (C=O) groups excluding carboxylic acids is 1. The van der Waals surface area contributed by atoms with Crippen LogP contribution in [-0.4, -0.2) is 21.2 Å². The van der Waals surface area contributed by atoms with Crippen LogP contribution < -0.4 is 10.9 Å². The van der Waals surface area contributed by atoms with Gasteiger partial charge < -0.3 is 5.32 Å². The molecule has 146 valence electrons. The van der Waals surface area contributed by atoms with Crippen molar-refractivity contribution in [3.8, 4) is 0 Å². The summed E-state index contributed by atoms with van der Waals surface area (Å²) in [7, 11) is 0. The predicted molar refractivity (Wildman–Crippen MR) is 117 cm³/mol. The average molecular weight is 436 g/mol. The molecule has 2 aromatic carbocycles. The first kappa shape index (κ1) is 20.7. The number of fused-ring (bicyclic) bond motifs is 1. The molecule has 5 nitrogen and oxygen atoms in total. The van der Waals surface area contributed by atoms with Crippen LogP contribution in [0.2, 0.25) is 10.0 Å². The SMILES string of the molecule is CCCn1c(SCC(=O)Nc2cc(Cl)ccc2C)nc2cc(Cl)ccc2c1=O. The van der Waals surface area contributed by atoms with Crippen molar-refractivity contribution in [3.63, 3.8) is 0 Å². The molecule has 0 fully saturated rings. The van der Waals surface area contributed by atoms with E-state index in [0.29, 0.717) is 38.3 Å². The molecule has 1 amide bonds. The number of carbonyl (C=O) groups is 1. The van der Waals surface area contributed by atoms with Crippen molar-refractivity contribution < 1.29 is 4.79 Å². The molecule has 0 aliphatic heterocycles. The van der Waals surface area contributed by atoms with E-state index in [1.54, 1.807) is 34.9 Å². The van der Waals surface area contributed by atoms with Gasteiger partial charge in [-0.3, -0.25) is 14.2 Å². The summed E-state index contributed by atoms with van der Waals surface area (Å²) in [6.07, 6.45) is 0.780. The second-order valence-corrected chi connectivity index (χ2v) is 8.12. The Morgan fingerprint density at radius 1 is 1.18 bits per heavy atom. The van der Waals surface area contributed by atoms with Crippen molar-refractivity contribution >= 4 is 57.5 Å². The van der Waals surface area contributed by atoms with E-state index in [1.165, 1.54) is 11.8 Å². The Labute approximate surface area is 177 Å². The smallest absolute Gasteiger partial charge is 0.262 e. The van der Waals surface area contributed by atoms with Crippen molar-refractivity contribution in [1.29, 1.82) is 0 Å². The summed E-state index contributed by atoms with van der Waals surface area (Å²) in [5.74, 6) is -0.0763. The molecule has 0 aliphatic rings. The second-order valence-electron chi connectivity index (χ2n) is 6.31. The Balaban J connectivity index is 1.84. The number of thioether (sulfide) groups is 1. The van der Waals surface area contributed by atoms with Gasteiger partial charge in [-0.05, 0) is 49.2 Å². The number of nitrogens with one attached hydrogen (secondary N) is 1. The number of aryl methyl sites for hydroxylation is 1. The van der Waals surface area contributed by atoms with Crippen LogP contribution in [0, 0.1) is 6.92 Å². The van der Waals surface area contributed by atoms with Crippen LogP contribution >= 0.6 is 35.0 Å². The van der Waals surface area contributed by atoms with E-state index < -0.39 is 0 Å². The zero-order chi connectivity index (χ0) is 20.3. The van der Waals surface area contributed by atoms with E-state index in [2.05, 4.69) is 10.3 Å². The van der Waals surface area contributed by atoms with Crippen LogP contribution in [0.4, 0.5) is 5.69 Å². The topological polar surface area (TPSA) is 64.0 Å². The summed E-state index contributed by atoms with van der Waals surface area (Å²) < 4.78 is 1.61. The second kappa shape index (κ2) is 8.99. The summed E-state index contributed by atoms with van der Waals surface area (Å²) in [4.78, 5) is 29.8. The first-order valence-electron chi connectivity index (χ1n) is 8.78. The van der Waals surface area contributed by atoms with Gasteiger partial charge in [0.25, 0.3) is 5.56 Å². The highest BCUT2D eigenvalue weighted by atomic mass is 35.5. The maximum atomic E-state index is 12.8. The molecule has 1 aromatic heterocycles. The monoisotopic (exact) mass is 435 g/mol. The summed E-state index contributed by atoms with van der Waals surface area (Å²) in [6, 6.07) is 10.4. The van der Waals surface area contributed by atoms with Crippen LogP contribution in [-0.2, 0) is 11.3 Å². The van der Waals surface area contributed by atoms with Crippen LogP contribution in [0.5, 0.6) is 0 Å². The van der Waals surface area contributed by atoms with Gasteiger partial charge in [-0.15, -0.1) is 0 Å². The van der Waals surface area contributed by atoms with Gasteiger partial charge in [0, 0.05) is 22.3 Å². The van der Waals surface area contributed by atoms with Crippen LogP contribution in [0.25, 0.3) is 10.9 Å². The molecule has 1 heterocycles. The molecule has 0 spiro atoms. The largest absolute Gasteiger partial charge is 0.325 e. The Morgan fingerprint density at radius 2 is 1.89 bits per heavy atom. The van der Waals surface area contributed by atoms with Crippen LogP contribution in [0.1, 0.15) is 18.9 Å². The Bertz CT molecular complexity index is 1100. The summed E-state index contributed by atoms with van der Waals surface area (Å²) in [6.45, 7) is 4.41. The Kier molecular flexibility index (Phi) is 6.65. The molecule has 0 saturated heterocycles. The van der Waals surface area contributed by atoms with Gasteiger partial charge in [0.15, 0.2) is 5.16 Å². The first-order chi connectivity index (χ1) is 13.4. The molecule has 3 aromatic rings. The lowest BCUT2D eigenvalue weighted by atomic mass is 10.2. The third-order valence-electron chi connectivity index (χ3n) is 4.14. The molecule has 3 rings (SSSR count). The number of amides is 1. The maximum absolute atomic E-state index is 12.8. The molecule has 0 atom stereocenters. The fraction of sp³-hybridized carbons (Fsp3) is 0.250. The highest BCUT2D eigenvalue weighted by Crippen LogP contribution is 2.23. The summed E-state index contributed by atoms with van der Waals surface area (Å²) >= 11 is 13.3. The first-order valence-corrected chi connectivity index (χ1v) is 10.5. The number of anilines is 1. The fourth-order valence-corrected chi connectivity index (χ4v) is 3.91. The van der Waals surface area contributed by atoms with E-state index >= 15 is 0 Å². The van der Waals surface area contributed by atoms with Crippen LogP contribution in [0.15, 0.2) is 46.3 Å². The third-order valence-corrected chi connectivity index (χ3v) is 5.58. The van der Waals surface area contributed by atoms with Gasteiger partial charge >= 0.3 is 0 Å². The van der Waals surface area contributed by atoms with Gasteiger partial charge in [0.1, 0.15) is 0 Å². The minimum Gasteiger partial charge on any atom is -0.325 e. The highest BCUT2D eigenvalue weighted by Gasteiger charge is 2.14. The molecule has 0 aliphatic carbocycles. The summed E-state index contributed by atoms with van der Waals surface area (Å²) in [5.41, 5.74) is 1.99. The maximum Gasteiger partial charge on any atom is 0.262 e. The van der Waals surface area contributed by atoms with Gasteiger partial charge in [0.05, 0.1) is 16.7 Å². The molecule has 0 unspecified atom stereocenters. The van der Waals surface area contributed by atoms with Gasteiger partial charge in [-0.2, -0.15) is 0 Å². The van der Waals surface area contributed by atoms with E-state index in [-0.39, 0.29) is 17.2 Å². The van der Waals surface area contributed by atoms with Crippen molar-refractivity contribution in [3.05, 3.63) is 62.4 Å². The lowest BCUT2D eigenvalue weighted by Gasteiger charge is -2.13. The number of hydrogen-bond donors (Lipinski definition) is 1. The number of rotatable bonds is 6. The lowest BCUT2D eigenvalue weighted by Crippen LogP contribution is -2.24. The van der Waals surface area contributed by atoms with Gasteiger partial charge in [-0.25, -0.2) is 4.98 Å². The van der Waals surface area contributed by atoms with Gasteiger partial charge in [-0.1, -0.05) is 48.0 Å². The number of nitrogens with zero attached hydrogens (tertiary/aromatic N) is 2. The number of benzene rings is 2. The zero-order valence-corrected chi connectivity index (χ0v) is 17.8. The quantitative estimate of drug-likeness (QED) is 0.429. The molecule has 8 heteroatoms. The van der Waals surface area contributed by atoms with E-state index in [4.69, 9.17) is 23.2 Å². The van der Waals surface area contributed by atoms with Crippen molar-refractivity contribution in [2.45, 2.75) is 32.0 Å². The van der Waals surface area contributed by atoms with E-state index in [9.17, 15) is 9.59 Å². The number of aromatic nitrogens is 2. The highest BCUT2D eigenvalue weighted by molar-refractivity contribution is 7.99. The number of hydrogen-bond acceptors (Lipinski definition) is 4. The van der Waals surface area contributed by atoms with E-state index in [1.807, 2.05) is 19.9 Å². The van der Waals surface area contributed by atoms with E-state index in [0.717, 1.165) is 12.0 Å². The minimum atomic E-state index is -0.196. The minimum absolute atomic E-state index is 0.119. The average Bonchev–Trinajstić information content (AvgIpc) is 2.65. The van der Waals surface area contributed by atoms with Crippen molar-refractivity contribution in [2.75, 3.05) is 11.1 Å². The Morgan fingerprint density at radius 3 is 2.64 bits per heavy atom. The van der Waals surface area contributed by atoms with Crippen molar-refractivity contribution in [2.24, 2.45) is 0 Å². The molecule has 1 N–H and O–H groups in total. The normalized spacial score (nSPS) is 11.0. The Hall–Kier alpha value is -2.02. The zero-order valence-electron chi connectivity index (χ0n) is 15.5. The van der Waals surface area contributed by atoms with Gasteiger partial charge in [0.2, 0.25) is 5.91 Å². The fourth-order valence-electron chi connectivity index (χ4n) is 2.75. The lowest BCUT2D eigenvalue weighted by molar-refractivity contribution is -0.113. The molecule has 28 heavy (non-hydrogen) atoms. The molecular weight excluding hydrogens is 417 g/mol. The number of halogens is 2. The molecule has 0 radical (unpaired) electrons. The summed E-state index contributed by atoms with van der Waals surface area (Å²) in [5, 5.41) is 4.93.